The number of thioether (sulfide) groups is 1. The molecule has 2 atom stereocenters. The standard InChI is InChI=1S/C16H17N3O4S/c1-10-8-18(9-11(2)23-10)16-17-15(20)14(24-16)7-12-4-3-5-13(6-12)19(21)22/h3-7,10-11H,8-9H2,1-2H3/b14-7-/t10-,11-/m1/s1. The van der Waals surface area contributed by atoms with Crippen molar-refractivity contribution in [1.82, 2.24) is 4.90 Å². The Labute approximate surface area is 143 Å². The van der Waals surface area contributed by atoms with E-state index in [9.17, 15) is 14.9 Å². The zero-order valence-electron chi connectivity index (χ0n) is 13.3. The Morgan fingerprint density at radius 1 is 1.38 bits per heavy atom. The first kappa shape index (κ1) is 16.7. The van der Waals surface area contributed by atoms with Crippen molar-refractivity contribution in [1.29, 1.82) is 0 Å². The molecule has 0 saturated carbocycles. The maximum atomic E-state index is 12.1. The van der Waals surface area contributed by atoms with Gasteiger partial charge in [-0.1, -0.05) is 12.1 Å². The molecular weight excluding hydrogens is 330 g/mol. The van der Waals surface area contributed by atoms with Gasteiger partial charge < -0.3 is 9.64 Å². The summed E-state index contributed by atoms with van der Waals surface area (Å²) in [4.78, 5) is 29.2. The summed E-state index contributed by atoms with van der Waals surface area (Å²) in [6, 6.07) is 6.19. The maximum absolute atomic E-state index is 12.1. The van der Waals surface area contributed by atoms with Crippen LogP contribution in [0, 0.1) is 10.1 Å². The van der Waals surface area contributed by atoms with E-state index in [-0.39, 0.29) is 23.8 Å². The molecule has 0 bridgehead atoms. The van der Waals surface area contributed by atoms with Crippen LogP contribution in [0.5, 0.6) is 0 Å². The predicted octanol–water partition coefficient (Wildman–Crippen LogP) is 2.67. The third-order valence-corrected chi connectivity index (χ3v) is 4.72. The number of amidine groups is 1. The molecule has 7 nitrogen and oxygen atoms in total. The largest absolute Gasteiger partial charge is 0.372 e. The molecule has 2 heterocycles. The van der Waals surface area contributed by atoms with Crippen LogP contribution in [0.1, 0.15) is 19.4 Å². The van der Waals surface area contributed by atoms with Gasteiger partial charge in [0.25, 0.3) is 11.6 Å². The van der Waals surface area contributed by atoms with Crippen molar-refractivity contribution >= 4 is 34.6 Å². The number of hydrogen-bond acceptors (Lipinski definition) is 6. The van der Waals surface area contributed by atoms with Gasteiger partial charge in [-0.2, -0.15) is 4.99 Å². The van der Waals surface area contributed by atoms with Gasteiger partial charge in [-0.15, -0.1) is 0 Å². The number of morpholine rings is 1. The van der Waals surface area contributed by atoms with E-state index in [2.05, 4.69) is 9.89 Å². The maximum Gasteiger partial charge on any atom is 0.286 e. The Bertz CT molecular complexity index is 737. The summed E-state index contributed by atoms with van der Waals surface area (Å²) < 4.78 is 5.69. The first-order valence-corrected chi connectivity index (χ1v) is 8.41. The molecule has 3 rings (SSSR count). The summed E-state index contributed by atoms with van der Waals surface area (Å²) in [5.41, 5.74) is 0.608. The molecule has 0 radical (unpaired) electrons. The van der Waals surface area contributed by atoms with Crippen LogP contribution in [-0.4, -0.2) is 46.2 Å². The zero-order valence-corrected chi connectivity index (χ0v) is 14.2. The van der Waals surface area contributed by atoms with Crippen molar-refractivity contribution in [3.8, 4) is 0 Å². The number of ether oxygens (including phenoxy) is 1. The molecule has 126 valence electrons. The van der Waals surface area contributed by atoms with Gasteiger partial charge >= 0.3 is 0 Å². The minimum Gasteiger partial charge on any atom is -0.372 e. The molecule has 0 aliphatic carbocycles. The number of nitrogens with zero attached hydrogens (tertiary/aromatic N) is 3. The van der Waals surface area contributed by atoms with Gasteiger partial charge in [0.1, 0.15) is 0 Å². The highest BCUT2D eigenvalue weighted by atomic mass is 32.2. The number of nitro benzene ring substituents is 1. The molecule has 1 fully saturated rings. The summed E-state index contributed by atoms with van der Waals surface area (Å²) in [5, 5.41) is 11.5. The molecule has 24 heavy (non-hydrogen) atoms. The molecule has 1 aromatic rings. The number of benzene rings is 1. The van der Waals surface area contributed by atoms with E-state index in [0.717, 1.165) is 0 Å². The Hall–Kier alpha value is -2.19. The summed E-state index contributed by atoms with van der Waals surface area (Å²) in [5.74, 6) is -0.312. The highest BCUT2D eigenvalue weighted by molar-refractivity contribution is 8.18. The third kappa shape index (κ3) is 3.65. The van der Waals surface area contributed by atoms with Crippen LogP contribution in [0.4, 0.5) is 5.69 Å². The van der Waals surface area contributed by atoms with Crippen molar-refractivity contribution in [2.75, 3.05) is 13.1 Å². The highest BCUT2D eigenvalue weighted by Gasteiger charge is 2.31. The fourth-order valence-corrected chi connectivity index (χ4v) is 3.68. The predicted molar refractivity (Wildman–Crippen MR) is 92.7 cm³/mol. The molecular formula is C16H17N3O4S. The third-order valence-electron chi connectivity index (χ3n) is 3.68. The van der Waals surface area contributed by atoms with Gasteiger partial charge in [0.15, 0.2) is 5.17 Å². The second-order valence-electron chi connectivity index (χ2n) is 5.82. The lowest BCUT2D eigenvalue weighted by Gasteiger charge is -2.35. The van der Waals surface area contributed by atoms with E-state index in [1.807, 2.05) is 13.8 Å². The van der Waals surface area contributed by atoms with E-state index in [1.165, 1.54) is 23.9 Å². The first-order valence-electron chi connectivity index (χ1n) is 7.60. The molecule has 0 aromatic heterocycles. The van der Waals surface area contributed by atoms with Crippen LogP contribution in [0.15, 0.2) is 34.2 Å². The number of carbonyl (C=O) groups is 1. The van der Waals surface area contributed by atoms with Crippen LogP contribution in [0.3, 0.4) is 0 Å². The highest BCUT2D eigenvalue weighted by Crippen LogP contribution is 2.32. The monoisotopic (exact) mass is 347 g/mol. The van der Waals surface area contributed by atoms with Crippen LogP contribution in [0.25, 0.3) is 6.08 Å². The van der Waals surface area contributed by atoms with Gasteiger partial charge in [-0.05, 0) is 37.2 Å². The average Bonchev–Trinajstić information content (AvgIpc) is 2.88. The smallest absolute Gasteiger partial charge is 0.286 e. The molecule has 1 aromatic carbocycles. The first-order chi connectivity index (χ1) is 11.4. The lowest BCUT2D eigenvalue weighted by Crippen LogP contribution is -2.47. The number of hydrogen-bond donors (Lipinski definition) is 0. The fourth-order valence-electron chi connectivity index (χ4n) is 2.75. The van der Waals surface area contributed by atoms with Crippen molar-refractivity contribution in [2.45, 2.75) is 26.1 Å². The van der Waals surface area contributed by atoms with Crippen LogP contribution in [0.2, 0.25) is 0 Å². The average molecular weight is 347 g/mol. The normalized spacial score (nSPS) is 25.9. The van der Waals surface area contributed by atoms with Gasteiger partial charge in [0, 0.05) is 25.2 Å². The number of carbonyl (C=O) groups excluding carboxylic acids is 1. The van der Waals surface area contributed by atoms with E-state index in [4.69, 9.17) is 4.74 Å². The van der Waals surface area contributed by atoms with Crippen molar-refractivity contribution in [2.24, 2.45) is 4.99 Å². The molecule has 2 aliphatic heterocycles. The van der Waals surface area contributed by atoms with Gasteiger partial charge in [0.2, 0.25) is 0 Å². The van der Waals surface area contributed by atoms with Crippen molar-refractivity contribution in [3.05, 3.63) is 44.8 Å². The molecule has 0 N–H and O–H groups in total. The summed E-state index contributed by atoms with van der Waals surface area (Å²) in [6.07, 6.45) is 1.80. The molecule has 1 amide bonds. The molecule has 0 spiro atoms. The second-order valence-corrected chi connectivity index (χ2v) is 6.83. The quantitative estimate of drug-likeness (QED) is 0.464. The lowest BCUT2D eigenvalue weighted by molar-refractivity contribution is -0.384. The van der Waals surface area contributed by atoms with Crippen molar-refractivity contribution in [3.63, 3.8) is 0 Å². The lowest BCUT2D eigenvalue weighted by atomic mass is 10.2. The van der Waals surface area contributed by atoms with Crippen LogP contribution >= 0.6 is 11.8 Å². The van der Waals surface area contributed by atoms with E-state index in [0.29, 0.717) is 28.7 Å². The Morgan fingerprint density at radius 2 is 2.08 bits per heavy atom. The minimum atomic E-state index is -0.454. The van der Waals surface area contributed by atoms with Gasteiger partial charge in [-0.3, -0.25) is 14.9 Å². The second kappa shape index (κ2) is 6.74. The van der Waals surface area contributed by atoms with Crippen LogP contribution < -0.4 is 0 Å². The van der Waals surface area contributed by atoms with Crippen molar-refractivity contribution < 1.29 is 14.5 Å². The minimum absolute atomic E-state index is 0.00299. The topological polar surface area (TPSA) is 85.0 Å². The number of nitro groups is 1. The van der Waals surface area contributed by atoms with E-state index >= 15 is 0 Å². The van der Waals surface area contributed by atoms with Crippen LogP contribution in [-0.2, 0) is 9.53 Å². The number of amides is 1. The Morgan fingerprint density at radius 3 is 2.75 bits per heavy atom. The summed E-state index contributed by atoms with van der Waals surface area (Å²) in [6.45, 7) is 5.36. The number of rotatable bonds is 2. The van der Waals surface area contributed by atoms with E-state index in [1.54, 1.807) is 18.2 Å². The summed E-state index contributed by atoms with van der Waals surface area (Å²) in [7, 11) is 0. The Balaban J connectivity index is 1.77. The van der Waals surface area contributed by atoms with Gasteiger partial charge in [-0.25, -0.2) is 0 Å². The van der Waals surface area contributed by atoms with Gasteiger partial charge in [0.05, 0.1) is 22.0 Å². The number of non-ortho nitro benzene ring substituents is 1. The molecule has 2 aliphatic rings. The molecule has 1 saturated heterocycles. The summed E-state index contributed by atoms with van der Waals surface area (Å²) >= 11 is 1.30. The zero-order chi connectivity index (χ0) is 17.3. The van der Waals surface area contributed by atoms with E-state index < -0.39 is 4.92 Å². The number of aliphatic imine (C=N–C) groups is 1. The molecule has 0 unspecified atom stereocenters. The molecule has 8 heteroatoms. The fraction of sp³-hybridized carbons (Fsp3) is 0.375. The Kier molecular flexibility index (Phi) is 4.68. The SMILES string of the molecule is C[C@@H]1CN(C2=NC(=O)/C(=C/c3cccc([N+](=O)[O-])c3)S2)C[C@@H](C)O1.